The van der Waals surface area contributed by atoms with Crippen molar-refractivity contribution in [3.05, 3.63) is 69.8 Å². The first-order valence-electron chi connectivity index (χ1n) is 13.1. The molecule has 2 saturated carbocycles. The summed E-state index contributed by atoms with van der Waals surface area (Å²) in [6.07, 6.45) is 7.64. The Morgan fingerprint density at radius 2 is 0.944 bits per heavy atom. The Balaban J connectivity index is 1.46. The van der Waals surface area contributed by atoms with Crippen LogP contribution in [0.3, 0.4) is 0 Å². The van der Waals surface area contributed by atoms with Crippen molar-refractivity contribution >= 4 is 23.1 Å². The minimum absolute atomic E-state index is 0.179. The molecule has 6 heteroatoms. The topological polar surface area (TPSA) is 109 Å². The van der Waals surface area contributed by atoms with E-state index in [-0.39, 0.29) is 22.3 Å². The Hall–Kier alpha value is -2.96. The lowest BCUT2D eigenvalue weighted by Crippen LogP contribution is -2.40. The van der Waals surface area contributed by atoms with Gasteiger partial charge in [-0.2, -0.15) is 0 Å². The summed E-state index contributed by atoms with van der Waals surface area (Å²) in [6, 6.07) is 9.61. The van der Waals surface area contributed by atoms with Crippen LogP contribution in [0, 0.1) is 0 Å². The highest BCUT2D eigenvalue weighted by Crippen LogP contribution is 2.34. The molecule has 0 heterocycles. The third-order valence-electron chi connectivity index (χ3n) is 8.31. The number of hydrogen-bond acceptors (Lipinski definition) is 6. The second kappa shape index (κ2) is 9.49. The largest absolute Gasteiger partial charge is 0.382 e. The summed E-state index contributed by atoms with van der Waals surface area (Å²) < 4.78 is 0. The first kappa shape index (κ1) is 24.7. The van der Waals surface area contributed by atoms with E-state index in [1.807, 2.05) is 0 Å². The van der Waals surface area contributed by atoms with Gasteiger partial charge in [-0.15, -0.1) is 0 Å². The van der Waals surface area contributed by atoms with Crippen molar-refractivity contribution < 1.29 is 29.4 Å². The van der Waals surface area contributed by atoms with Gasteiger partial charge < -0.3 is 10.2 Å². The highest BCUT2D eigenvalue weighted by Gasteiger charge is 2.40. The molecule has 0 saturated heterocycles. The van der Waals surface area contributed by atoms with Gasteiger partial charge in [-0.1, -0.05) is 62.8 Å². The van der Waals surface area contributed by atoms with Crippen molar-refractivity contribution in [3.63, 3.8) is 0 Å². The van der Waals surface area contributed by atoms with Gasteiger partial charge in [0.15, 0.2) is 11.6 Å². The third kappa shape index (κ3) is 4.37. The molecule has 0 bridgehead atoms. The number of ketones is 4. The van der Waals surface area contributed by atoms with Crippen LogP contribution in [0.2, 0.25) is 0 Å². The molecule has 6 nitrogen and oxygen atoms in total. The van der Waals surface area contributed by atoms with Gasteiger partial charge in [-0.05, 0) is 61.8 Å². The molecule has 0 spiro atoms. The molecule has 3 aliphatic carbocycles. The van der Waals surface area contributed by atoms with Crippen LogP contribution in [0.15, 0.2) is 36.4 Å². The summed E-state index contributed by atoms with van der Waals surface area (Å²) in [7, 11) is 0. The van der Waals surface area contributed by atoms with Gasteiger partial charge in [0.05, 0.1) is 0 Å². The molecule has 0 amide bonds. The van der Waals surface area contributed by atoms with E-state index >= 15 is 0 Å². The van der Waals surface area contributed by atoms with E-state index in [4.69, 9.17) is 0 Å². The zero-order valence-electron chi connectivity index (χ0n) is 20.5. The van der Waals surface area contributed by atoms with Gasteiger partial charge >= 0.3 is 0 Å². The average Bonchev–Trinajstić information content (AvgIpc) is 2.90. The van der Waals surface area contributed by atoms with E-state index in [0.717, 1.165) is 38.5 Å². The third-order valence-corrected chi connectivity index (χ3v) is 8.31. The number of fused-ring (bicyclic) bond motifs is 2. The van der Waals surface area contributed by atoms with Crippen molar-refractivity contribution in [2.24, 2.45) is 0 Å². The maximum atomic E-state index is 13.4. The molecular weight excluding hydrogens is 456 g/mol. The molecule has 2 aromatic rings. The molecule has 36 heavy (non-hydrogen) atoms. The molecule has 2 fully saturated rings. The number of hydrogen-bond donors (Lipinski definition) is 2. The predicted molar refractivity (Wildman–Crippen MR) is 134 cm³/mol. The van der Waals surface area contributed by atoms with Gasteiger partial charge in [-0.3, -0.25) is 19.2 Å². The SMILES string of the molecule is O=C1C(=O)c2cc(C(=O)C3(O)CCCCC3)ccc2CCc2ccc(C(=O)C3(O)CCCCC3)cc21. The Labute approximate surface area is 210 Å². The van der Waals surface area contributed by atoms with E-state index in [2.05, 4.69) is 0 Å². The first-order chi connectivity index (χ1) is 17.2. The normalized spacial score (nSPS) is 21.1. The second-order valence-corrected chi connectivity index (χ2v) is 10.7. The first-order valence-corrected chi connectivity index (χ1v) is 13.1. The Morgan fingerprint density at radius 3 is 1.31 bits per heavy atom. The predicted octanol–water partition coefficient (Wildman–Crippen LogP) is 4.61. The number of aliphatic hydroxyl groups is 2. The lowest BCUT2D eigenvalue weighted by atomic mass is 9.77. The van der Waals surface area contributed by atoms with Crippen LogP contribution >= 0.6 is 0 Å². The number of Topliss-reactive ketones (excluding diaryl/α,β-unsaturated/α-hetero) is 4. The van der Waals surface area contributed by atoms with E-state index in [9.17, 15) is 29.4 Å². The highest BCUT2D eigenvalue weighted by atomic mass is 16.3. The molecule has 3 aliphatic rings. The maximum absolute atomic E-state index is 13.4. The minimum atomic E-state index is -1.43. The van der Waals surface area contributed by atoms with E-state index in [1.165, 1.54) is 12.1 Å². The number of rotatable bonds is 4. The summed E-state index contributed by atoms with van der Waals surface area (Å²) in [4.78, 5) is 53.0. The van der Waals surface area contributed by atoms with Crippen LogP contribution in [0.25, 0.3) is 0 Å². The zero-order chi connectivity index (χ0) is 25.5. The fourth-order valence-electron chi connectivity index (χ4n) is 6.07. The quantitative estimate of drug-likeness (QED) is 0.481. The lowest BCUT2D eigenvalue weighted by molar-refractivity contribution is 0.0116. The van der Waals surface area contributed by atoms with E-state index in [0.29, 0.717) is 49.7 Å². The molecule has 0 radical (unpaired) electrons. The standard InChI is InChI=1S/C30H32O6/c31-25-23-17-21(27(33)29(35)13-3-1-4-14-29)11-9-19(23)7-8-20-10-12-22(18-24(20)26(25)32)28(34)30(36)15-5-2-6-16-30/h9-12,17-18,35-36H,1-8,13-16H2. The summed E-state index contributed by atoms with van der Waals surface area (Å²) >= 11 is 0. The van der Waals surface area contributed by atoms with Crippen LogP contribution in [0.1, 0.15) is 117 Å². The van der Waals surface area contributed by atoms with Gasteiger partial charge in [0.25, 0.3) is 0 Å². The molecule has 188 valence electrons. The molecule has 0 unspecified atom stereocenters. The minimum Gasteiger partial charge on any atom is -0.382 e. The average molecular weight is 489 g/mol. The highest BCUT2D eigenvalue weighted by molar-refractivity contribution is 6.50. The molecule has 5 rings (SSSR count). The molecule has 0 aromatic heterocycles. The Morgan fingerprint density at radius 1 is 0.583 bits per heavy atom. The number of carbonyl (C=O) groups excluding carboxylic acids is 4. The second-order valence-electron chi connectivity index (χ2n) is 10.7. The maximum Gasteiger partial charge on any atom is 0.233 e. The monoisotopic (exact) mass is 488 g/mol. The van der Waals surface area contributed by atoms with Gasteiger partial charge in [0.1, 0.15) is 11.2 Å². The van der Waals surface area contributed by atoms with Crippen molar-refractivity contribution in [1.29, 1.82) is 0 Å². The van der Waals surface area contributed by atoms with Crippen LogP contribution in [0.5, 0.6) is 0 Å². The molecule has 0 aliphatic heterocycles. The molecule has 2 N–H and O–H groups in total. The van der Waals surface area contributed by atoms with Crippen molar-refractivity contribution in [1.82, 2.24) is 0 Å². The summed E-state index contributed by atoms with van der Waals surface area (Å²) in [5.41, 5.74) is -0.653. The molecular formula is C30H32O6. The summed E-state index contributed by atoms with van der Waals surface area (Å²) in [5.74, 6) is -2.25. The van der Waals surface area contributed by atoms with Gasteiger partial charge in [0.2, 0.25) is 11.6 Å². The molecule has 0 atom stereocenters. The van der Waals surface area contributed by atoms with Crippen LogP contribution < -0.4 is 0 Å². The Kier molecular flexibility index (Phi) is 6.52. The molecule has 2 aromatic carbocycles. The number of aryl methyl sites for hydroxylation is 2. The van der Waals surface area contributed by atoms with Gasteiger partial charge in [-0.25, -0.2) is 0 Å². The number of carbonyl (C=O) groups is 4. The van der Waals surface area contributed by atoms with E-state index < -0.39 is 34.3 Å². The smallest absolute Gasteiger partial charge is 0.233 e. The summed E-state index contributed by atoms with van der Waals surface area (Å²) in [5, 5.41) is 21.8. The van der Waals surface area contributed by atoms with E-state index in [1.54, 1.807) is 24.3 Å². The van der Waals surface area contributed by atoms with Crippen molar-refractivity contribution in [2.45, 2.75) is 88.3 Å². The van der Waals surface area contributed by atoms with Crippen LogP contribution in [-0.2, 0) is 12.8 Å². The van der Waals surface area contributed by atoms with Crippen LogP contribution in [0.4, 0.5) is 0 Å². The van der Waals surface area contributed by atoms with Gasteiger partial charge in [0, 0.05) is 22.3 Å². The lowest BCUT2D eigenvalue weighted by Gasteiger charge is -2.31. The van der Waals surface area contributed by atoms with Crippen LogP contribution in [-0.4, -0.2) is 44.5 Å². The zero-order valence-corrected chi connectivity index (χ0v) is 20.5. The van der Waals surface area contributed by atoms with Crippen molar-refractivity contribution in [2.75, 3.05) is 0 Å². The number of benzene rings is 2. The fraction of sp³-hybridized carbons (Fsp3) is 0.467. The van der Waals surface area contributed by atoms with Crippen molar-refractivity contribution in [3.8, 4) is 0 Å². The fourth-order valence-corrected chi connectivity index (χ4v) is 6.07. The Bertz CT molecular complexity index is 1150. The summed E-state index contributed by atoms with van der Waals surface area (Å²) in [6.45, 7) is 0.